The van der Waals surface area contributed by atoms with Crippen LogP contribution < -0.4 is 10.6 Å². The molecule has 6 heteroatoms. The number of hydrogen-bond donors (Lipinski definition) is 2. The fraction of sp³-hybridized carbons (Fsp3) is 0.679. The Hall–Kier alpha value is -2.37. The Labute approximate surface area is 205 Å². The number of unbranched alkanes of at least 4 members (excludes halogenated alkanes) is 4. The van der Waals surface area contributed by atoms with Crippen LogP contribution in [0.3, 0.4) is 0 Å². The molecular formula is C28H43N3O3. The average molecular weight is 470 g/mol. The van der Waals surface area contributed by atoms with E-state index in [0.29, 0.717) is 18.5 Å². The average Bonchev–Trinajstić information content (AvgIpc) is 2.85. The summed E-state index contributed by atoms with van der Waals surface area (Å²) in [6.07, 6.45) is 11.8. The first-order valence-electron chi connectivity index (χ1n) is 13.4. The summed E-state index contributed by atoms with van der Waals surface area (Å²) in [6.45, 7) is 5.41. The zero-order valence-electron chi connectivity index (χ0n) is 21.1. The van der Waals surface area contributed by atoms with Gasteiger partial charge in [0.2, 0.25) is 11.8 Å². The molecule has 2 N–H and O–H groups in total. The molecular weight excluding hydrogens is 426 g/mol. The number of likely N-dealkylation sites (tertiary alicyclic amines) is 1. The van der Waals surface area contributed by atoms with Gasteiger partial charge in [0.05, 0.1) is 5.92 Å². The van der Waals surface area contributed by atoms with Crippen molar-refractivity contribution in [3.8, 4) is 0 Å². The largest absolute Gasteiger partial charge is 0.351 e. The minimum Gasteiger partial charge on any atom is -0.351 e. The predicted molar refractivity (Wildman–Crippen MR) is 136 cm³/mol. The summed E-state index contributed by atoms with van der Waals surface area (Å²) in [4.78, 5) is 40.6. The lowest BCUT2D eigenvalue weighted by molar-refractivity contribution is -0.136. The highest BCUT2D eigenvalue weighted by atomic mass is 16.2. The van der Waals surface area contributed by atoms with Crippen molar-refractivity contribution in [1.82, 2.24) is 15.5 Å². The maximum absolute atomic E-state index is 13.2. The quantitative estimate of drug-likeness (QED) is 0.485. The number of rotatable bonds is 10. The van der Waals surface area contributed by atoms with E-state index in [-0.39, 0.29) is 35.7 Å². The molecule has 3 atom stereocenters. The van der Waals surface area contributed by atoms with Gasteiger partial charge in [-0.25, -0.2) is 0 Å². The molecule has 1 aromatic carbocycles. The Morgan fingerprint density at radius 2 is 1.62 bits per heavy atom. The predicted octanol–water partition coefficient (Wildman–Crippen LogP) is 4.75. The molecule has 1 aromatic rings. The third-order valence-electron chi connectivity index (χ3n) is 7.44. The SMILES string of the molecule is CCCCCCCC(=O)N1CCC[C@H](C(=O)N[C@@H]2CCCC[C@H]2NC(=O)c2ccccc2C)C1. The molecule has 188 valence electrons. The highest BCUT2D eigenvalue weighted by Crippen LogP contribution is 2.23. The summed E-state index contributed by atoms with van der Waals surface area (Å²) in [5, 5.41) is 6.43. The zero-order valence-corrected chi connectivity index (χ0v) is 21.1. The molecule has 0 aromatic heterocycles. The Balaban J connectivity index is 1.51. The maximum atomic E-state index is 13.2. The van der Waals surface area contributed by atoms with Crippen LogP contribution in [0, 0.1) is 12.8 Å². The molecule has 1 aliphatic carbocycles. The van der Waals surface area contributed by atoms with Crippen molar-refractivity contribution in [1.29, 1.82) is 0 Å². The van der Waals surface area contributed by atoms with E-state index in [4.69, 9.17) is 0 Å². The van der Waals surface area contributed by atoms with Gasteiger partial charge in [-0.15, -0.1) is 0 Å². The second kappa shape index (κ2) is 13.5. The van der Waals surface area contributed by atoms with Gasteiger partial charge in [-0.2, -0.15) is 0 Å². The van der Waals surface area contributed by atoms with Gasteiger partial charge in [-0.1, -0.05) is 63.6 Å². The van der Waals surface area contributed by atoms with Crippen LogP contribution in [-0.4, -0.2) is 47.8 Å². The maximum Gasteiger partial charge on any atom is 0.251 e. The van der Waals surface area contributed by atoms with Gasteiger partial charge in [0.25, 0.3) is 5.91 Å². The molecule has 0 unspecified atom stereocenters. The Morgan fingerprint density at radius 1 is 0.912 bits per heavy atom. The van der Waals surface area contributed by atoms with E-state index in [1.165, 1.54) is 19.3 Å². The minimum absolute atomic E-state index is 0.0301. The van der Waals surface area contributed by atoms with Crippen LogP contribution in [0.5, 0.6) is 0 Å². The van der Waals surface area contributed by atoms with Crippen molar-refractivity contribution in [2.75, 3.05) is 13.1 Å². The van der Waals surface area contributed by atoms with Crippen LogP contribution in [0.25, 0.3) is 0 Å². The zero-order chi connectivity index (χ0) is 24.3. The van der Waals surface area contributed by atoms with Crippen molar-refractivity contribution in [3.63, 3.8) is 0 Å². The number of nitrogens with one attached hydrogen (secondary N) is 2. The topological polar surface area (TPSA) is 78.5 Å². The van der Waals surface area contributed by atoms with Gasteiger partial charge in [0.1, 0.15) is 0 Å². The molecule has 1 aliphatic heterocycles. The number of hydrogen-bond acceptors (Lipinski definition) is 3. The van der Waals surface area contributed by atoms with E-state index in [9.17, 15) is 14.4 Å². The van der Waals surface area contributed by atoms with E-state index >= 15 is 0 Å². The van der Waals surface area contributed by atoms with E-state index < -0.39 is 0 Å². The highest BCUT2D eigenvalue weighted by Gasteiger charge is 2.33. The van der Waals surface area contributed by atoms with E-state index in [1.54, 1.807) is 0 Å². The molecule has 6 nitrogen and oxygen atoms in total. The van der Waals surface area contributed by atoms with Crippen molar-refractivity contribution in [2.45, 2.75) is 103 Å². The fourth-order valence-electron chi connectivity index (χ4n) is 5.31. The molecule has 3 rings (SSSR count). The monoisotopic (exact) mass is 469 g/mol. The number of piperidine rings is 1. The second-order valence-electron chi connectivity index (χ2n) is 10.1. The molecule has 1 heterocycles. The lowest BCUT2D eigenvalue weighted by atomic mass is 9.88. The fourth-order valence-corrected chi connectivity index (χ4v) is 5.31. The summed E-state index contributed by atoms with van der Waals surface area (Å²) in [5.41, 5.74) is 1.64. The molecule has 3 amide bonds. The van der Waals surface area contributed by atoms with Crippen molar-refractivity contribution in [2.24, 2.45) is 5.92 Å². The summed E-state index contributed by atoms with van der Waals surface area (Å²) < 4.78 is 0. The van der Waals surface area contributed by atoms with E-state index in [2.05, 4.69) is 17.6 Å². The van der Waals surface area contributed by atoms with Crippen LogP contribution in [0.15, 0.2) is 24.3 Å². The first-order chi connectivity index (χ1) is 16.5. The van der Waals surface area contributed by atoms with Crippen molar-refractivity contribution < 1.29 is 14.4 Å². The standard InChI is InChI=1S/C28H43N3O3/c1-3-4-5-6-7-18-26(32)31-19-12-14-22(20-31)27(33)29-24-16-10-11-17-25(24)30-28(34)23-15-9-8-13-21(23)2/h8-9,13,15,22,24-25H,3-7,10-12,14,16-20H2,1-2H3,(H,29,33)(H,30,34)/t22-,24+,25+/m0/s1. The first-order valence-corrected chi connectivity index (χ1v) is 13.4. The number of amides is 3. The van der Waals surface area contributed by atoms with Crippen LogP contribution in [0.2, 0.25) is 0 Å². The number of nitrogens with zero attached hydrogens (tertiary/aromatic N) is 1. The molecule has 0 spiro atoms. The smallest absolute Gasteiger partial charge is 0.251 e. The Kier molecular flexibility index (Phi) is 10.4. The van der Waals surface area contributed by atoms with Gasteiger partial charge in [0.15, 0.2) is 0 Å². The van der Waals surface area contributed by atoms with Crippen LogP contribution in [0.1, 0.15) is 99.9 Å². The lowest BCUT2D eigenvalue weighted by Gasteiger charge is -2.36. The lowest BCUT2D eigenvalue weighted by Crippen LogP contribution is -2.55. The van der Waals surface area contributed by atoms with Crippen LogP contribution in [0.4, 0.5) is 0 Å². The summed E-state index contributed by atoms with van der Waals surface area (Å²) in [6, 6.07) is 7.48. The van der Waals surface area contributed by atoms with Crippen LogP contribution >= 0.6 is 0 Å². The third-order valence-corrected chi connectivity index (χ3v) is 7.44. The number of carbonyl (C=O) groups excluding carboxylic acids is 3. The first kappa shape index (κ1) is 26.2. The van der Waals surface area contributed by atoms with Crippen molar-refractivity contribution >= 4 is 17.7 Å². The Bertz CT molecular complexity index is 825. The van der Waals surface area contributed by atoms with Gasteiger partial charge in [-0.3, -0.25) is 14.4 Å². The second-order valence-corrected chi connectivity index (χ2v) is 10.1. The molecule has 2 fully saturated rings. The summed E-state index contributed by atoms with van der Waals surface area (Å²) in [5.74, 6) is -0.0115. The van der Waals surface area contributed by atoms with E-state index in [1.807, 2.05) is 36.1 Å². The van der Waals surface area contributed by atoms with Gasteiger partial charge in [0, 0.05) is 37.2 Å². The normalized spacial score (nSPS) is 22.8. The Morgan fingerprint density at radius 3 is 2.35 bits per heavy atom. The molecule has 1 saturated carbocycles. The van der Waals surface area contributed by atoms with E-state index in [0.717, 1.165) is 63.5 Å². The van der Waals surface area contributed by atoms with Crippen molar-refractivity contribution in [3.05, 3.63) is 35.4 Å². The number of carbonyl (C=O) groups is 3. The van der Waals surface area contributed by atoms with Gasteiger partial charge >= 0.3 is 0 Å². The van der Waals surface area contributed by atoms with Crippen LogP contribution in [-0.2, 0) is 9.59 Å². The van der Waals surface area contributed by atoms with Gasteiger partial charge < -0.3 is 15.5 Å². The summed E-state index contributed by atoms with van der Waals surface area (Å²) >= 11 is 0. The number of aryl methyl sites for hydroxylation is 1. The molecule has 1 saturated heterocycles. The number of benzene rings is 1. The molecule has 0 bridgehead atoms. The molecule has 34 heavy (non-hydrogen) atoms. The molecule has 2 aliphatic rings. The highest BCUT2D eigenvalue weighted by molar-refractivity contribution is 5.95. The van der Waals surface area contributed by atoms with Gasteiger partial charge in [-0.05, 0) is 50.7 Å². The minimum atomic E-state index is -0.160. The summed E-state index contributed by atoms with van der Waals surface area (Å²) in [7, 11) is 0. The third kappa shape index (κ3) is 7.57. The molecule has 0 radical (unpaired) electrons.